The van der Waals surface area contributed by atoms with Gasteiger partial charge in [0.2, 0.25) is 5.91 Å². The molecule has 9 heteroatoms. The van der Waals surface area contributed by atoms with Crippen molar-refractivity contribution in [1.29, 1.82) is 0 Å². The Balaban J connectivity index is 1.46. The van der Waals surface area contributed by atoms with Crippen LogP contribution in [0.1, 0.15) is 29.3 Å². The van der Waals surface area contributed by atoms with Gasteiger partial charge in [-0.2, -0.15) is 10.2 Å². The maximum Gasteiger partial charge on any atom is 0.245 e. The predicted octanol–water partition coefficient (Wildman–Crippen LogP) is 3.03. The number of fused-ring (bicyclic) bond motifs is 1. The van der Waals surface area contributed by atoms with Crippen molar-refractivity contribution in [1.82, 2.24) is 20.1 Å². The van der Waals surface area contributed by atoms with Crippen LogP contribution in [0.4, 0.5) is 4.39 Å². The molecule has 1 aromatic heterocycles. The lowest BCUT2D eigenvalue weighted by atomic mass is 9.98. The first-order valence-electron chi connectivity index (χ1n) is 10.7. The monoisotopic (exact) mass is 446 g/mol. The van der Waals surface area contributed by atoms with Crippen molar-refractivity contribution >= 4 is 11.7 Å². The van der Waals surface area contributed by atoms with Crippen LogP contribution in [-0.2, 0) is 11.3 Å². The van der Waals surface area contributed by atoms with Gasteiger partial charge in [0.15, 0.2) is 17.4 Å². The second-order valence-electron chi connectivity index (χ2n) is 7.96. The van der Waals surface area contributed by atoms with E-state index >= 15 is 0 Å². The minimum Gasteiger partial charge on any atom is -0.454 e. The first-order chi connectivity index (χ1) is 16.0. The Hall–Kier alpha value is -4.14. The molecular weight excluding hydrogens is 423 g/mol. The lowest BCUT2D eigenvalue weighted by Crippen LogP contribution is -2.29. The van der Waals surface area contributed by atoms with Crippen molar-refractivity contribution in [3.8, 4) is 17.2 Å². The number of carbonyl (C=O) groups is 1. The zero-order valence-corrected chi connectivity index (χ0v) is 17.9. The molecule has 3 aromatic rings. The number of para-hydroxylation sites is 1. The van der Waals surface area contributed by atoms with E-state index in [0.29, 0.717) is 31.2 Å². The number of amides is 1. The molecule has 0 unspecified atom stereocenters. The Morgan fingerprint density at radius 1 is 1.24 bits per heavy atom. The number of hydrogen-bond acceptors (Lipinski definition) is 6. The fourth-order valence-electron chi connectivity index (χ4n) is 4.30. The summed E-state index contributed by atoms with van der Waals surface area (Å²) >= 11 is 0. The fraction of sp³-hybridized carbons (Fsp3) is 0.208. The van der Waals surface area contributed by atoms with Gasteiger partial charge in [-0.15, -0.1) is 0 Å². The van der Waals surface area contributed by atoms with Gasteiger partial charge >= 0.3 is 0 Å². The highest BCUT2D eigenvalue weighted by molar-refractivity contribution is 5.98. The molecule has 5 rings (SSSR count). The molecule has 8 nitrogen and oxygen atoms in total. The number of nitrogens with zero attached hydrogens (tertiary/aromatic N) is 4. The molecule has 1 amide bonds. The average molecular weight is 446 g/mol. The molecule has 0 spiro atoms. The zero-order valence-electron chi connectivity index (χ0n) is 17.9. The predicted molar refractivity (Wildman–Crippen MR) is 122 cm³/mol. The van der Waals surface area contributed by atoms with E-state index in [1.807, 2.05) is 12.1 Å². The third-order valence-electron chi connectivity index (χ3n) is 5.92. The van der Waals surface area contributed by atoms with Crippen LogP contribution in [-0.4, -0.2) is 39.5 Å². The Morgan fingerprint density at radius 3 is 2.79 bits per heavy atom. The van der Waals surface area contributed by atoms with Crippen LogP contribution in [0.3, 0.4) is 0 Å². The SMILES string of the molecule is C=CC(=O)N1CC[C@@H](c2nn(-c3ccc(Oc4ccccc4F)cc3)c3c2CNN=C3N)C1. The molecule has 3 N–H and O–H groups in total. The van der Waals surface area contributed by atoms with Gasteiger partial charge in [-0.3, -0.25) is 4.79 Å². The molecule has 2 aliphatic rings. The van der Waals surface area contributed by atoms with Crippen LogP contribution < -0.4 is 15.9 Å². The van der Waals surface area contributed by atoms with Crippen molar-refractivity contribution in [3.63, 3.8) is 0 Å². The summed E-state index contributed by atoms with van der Waals surface area (Å²) in [5, 5.41) is 9.07. The third kappa shape index (κ3) is 3.82. The summed E-state index contributed by atoms with van der Waals surface area (Å²) in [5.74, 6) is 0.605. The molecule has 2 aliphatic heterocycles. The van der Waals surface area contributed by atoms with Gasteiger partial charge in [-0.25, -0.2) is 9.07 Å². The Kier molecular flexibility index (Phi) is 5.29. The number of amidine groups is 1. The van der Waals surface area contributed by atoms with Gasteiger partial charge in [0, 0.05) is 24.6 Å². The molecule has 1 fully saturated rings. The largest absolute Gasteiger partial charge is 0.454 e. The molecular formula is C24H23FN6O2. The summed E-state index contributed by atoms with van der Waals surface area (Å²) < 4.78 is 21.3. The van der Waals surface area contributed by atoms with Gasteiger partial charge in [-0.05, 0) is 48.9 Å². The Morgan fingerprint density at radius 2 is 2.03 bits per heavy atom. The van der Waals surface area contributed by atoms with E-state index in [9.17, 15) is 9.18 Å². The smallest absolute Gasteiger partial charge is 0.245 e. The van der Waals surface area contributed by atoms with Crippen LogP contribution in [0.25, 0.3) is 5.69 Å². The standard InChI is InChI=1S/C24H23FN6O2/c1-2-21(32)30-12-11-15(14-30)22-18-13-27-28-24(26)23(18)31(29-22)16-7-9-17(10-8-16)33-20-6-4-3-5-19(20)25/h2-10,15,27H,1,11-14H2,(H2,26,28)/t15-/m1/s1. The van der Waals surface area contributed by atoms with Crippen LogP contribution in [0.2, 0.25) is 0 Å². The van der Waals surface area contributed by atoms with Crippen LogP contribution in [0, 0.1) is 5.82 Å². The van der Waals surface area contributed by atoms with E-state index in [4.69, 9.17) is 15.6 Å². The van der Waals surface area contributed by atoms with Gasteiger partial charge in [0.05, 0.1) is 17.9 Å². The van der Waals surface area contributed by atoms with Crippen LogP contribution in [0.15, 0.2) is 66.3 Å². The lowest BCUT2D eigenvalue weighted by Gasteiger charge is -2.16. The third-order valence-corrected chi connectivity index (χ3v) is 5.92. The fourth-order valence-corrected chi connectivity index (χ4v) is 4.30. The number of hydrazone groups is 1. The highest BCUT2D eigenvalue weighted by Gasteiger charge is 2.33. The summed E-state index contributed by atoms with van der Waals surface area (Å²) in [6.07, 6.45) is 2.16. The number of aromatic nitrogens is 2. The first kappa shape index (κ1) is 20.7. The molecule has 0 aliphatic carbocycles. The molecule has 3 heterocycles. The number of nitrogens with one attached hydrogen (secondary N) is 1. The van der Waals surface area contributed by atoms with Crippen molar-refractivity contribution in [3.05, 3.63) is 84.0 Å². The molecule has 0 saturated carbocycles. The van der Waals surface area contributed by atoms with Crippen molar-refractivity contribution in [2.45, 2.75) is 18.9 Å². The summed E-state index contributed by atoms with van der Waals surface area (Å²) in [6.45, 7) is 5.33. The van der Waals surface area contributed by atoms with Crippen molar-refractivity contribution in [2.75, 3.05) is 13.1 Å². The Bertz CT molecular complexity index is 1250. The summed E-state index contributed by atoms with van der Waals surface area (Å²) in [6, 6.07) is 13.4. The van der Waals surface area contributed by atoms with Gasteiger partial charge in [-0.1, -0.05) is 18.7 Å². The molecule has 1 atom stereocenters. The minimum atomic E-state index is -0.426. The minimum absolute atomic E-state index is 0.0737. The number of carbonyl (C=O) groups excluding carboxylic acids is 1. The van der Waals surface area contributed by atoms with Gasteiger partial charge in [0.25, 0.3) is 0 Å². The molecule has 168 valence electrons. The summed E-state index contributed by atoms with van der Waals surface area (Å²) in [5.41, 5.74) is 12.6. The zero-order chi connectivity index (χ0) is 22.9. The Labute approximate surface area is 190 Å². The number of nitrogens with two attached hydrogens (primary N) is 1. The lowest BCUT2D eigenvalue weighted by molar-refractivity contribution is -0.125. The summed E-state index contributed by atoms with van der Waals surface area (Å²) in [4.78, 5) is 13.8. The normalized spacial score (nSPS) is 17.2. The summed E-state index contributed by atoms with van der Waals surface area (Å²) in [7, 11) is 0. The van der Waals surface area contributed by atoms with E-state index in [0.717, 1.165) is 29.1 Å². The average Bonchev–Trinajstić information content (AvgIpc) is 3.47. The number of benzene rings is 2. The van der Waals surface area contributed by atoms with Crippen LogP contribution in [0.5, 0.6) is 11.5 Å². The number of halogens is 1. The van der Waals surface area contributed by atoms with E-state index < -0.39 is 5.82 Å². The van der Waals surface area contributed by atoms with Gasteiger partial charge < -0.3 is 20.8 Å². The first-order valence-corrected chi connectivity index (χ1v) is 10.7. The number of hydrogen-bond donors (Lipinski definition) is 2. The van der Waals surface area contributed by atoms with E-state index in [-0.39, 0.29) is 17.6 Å². The quantitative estimate of drug-likeness (QED) is 0.587. The van der Waals surface area contributed by atoms with Gasteiger partial charge in [0.1, 0.15) is 11.4 Å². The highest BCUT2D eigenvalue weighted by Crippen LogP contribution is 2.33. The topological polar surface area (TPSA) is 97.8 Å². The highest BCUT2D eigenvalue weighted by atomic mass is 19.1. The maximum absolute atomic E-state index is 13.9. The van der Waals surface area contributed by atoms with E-state index in [2.05, 4.69) is 17.1 Å². The molecule has 2 aromatic carbocycles. The molecule has 0 radical (unpaired) electrons. The van der Waals surface area contributed by atoms with E-state index in [1.165, 1.54) is 12.1 Å². The van der Waals surface area contributed by atoms with Crippen molar-refractivity contribution < 1.29 is 13.9 Å². The molecule has 0 bridgehead atoms. The molecule has 33 heavy (non-hydrogen) atoms. The van der Waals surface area contributed by atoms with E-state index in [1.54, 1.807) is 39.9 Å². The van der Waals surface area contributed by atoms with Crippen molar-refractivity contribution in [2.24, 2.45) is 10.8 Å². The second kappa shape index (κ2) is 8.42. The number of rotatable bonds is 5. The maximum atomic E-state index is 13.9. The number of ether oxygens (including phenoxy) is 1. The molecule has 1 saturated heterocycles. The van der Waals surface area contributed by atoms with Crippen LogP contribution >= 0.6 is 0 Å². The number of likely N-dealkylation sites (tertiary alicyclic amines) is 1. The second-order valence-corrected chi connectivity index (χ2v) is 7.96.